The Morgan fingerprint density at radius 3 is 1.62 bits per heavy atom. The zero-order valence-corrected chi connectivity index (χ0v) is 23.2. The Kier molecular flexibility index (Phi) is 8.75. The van der Waals surface area contributed by atoms with E-state index in [4.69, 9.17) is 23.2 Å². The minimum absolute atomic E-state index is 0.235. The van der Waals surface area contributed by atoms with Gasteiger partial charge in [0.2, 0.25) is 0 Å². The molecule has 0 saturated heterocycles. The molecular weight excluding hydrogens is 585 g/mol. The van der Waals surface area contributed by atoms with Gasteiger partial charge in [0, 0.05) is 35.2 Å². The van der Waals surface area contributed by atoms with Crippen LogP contribution in [0, 0.1) is 11.6 Å². The number of H-pyrrole nitrogens is 2. The highest BCUT2D eigenvalue weighted by atomic mass is 35.5. The highest BCUT2D eigenvalue weighted by Crippen LogP contribution is 2.23. The Labute approximate surface area is 247 Å². The van der Waals surface area contributed by atoms with Gasteiger partial charge in [0.25, 0.3) is 11.1 Å². The standard InChI is InChI=1S/2C15H11ClFN3O/c16-14-13-7-11(4-5-12(13)15(21)20-19-14)18-8-9-2-1-3-10(17)6-9;16-14-12-5-4-11(7-13(12)15(21)20-19-14)18-8-9-2-1-3-10(17)6-9/h2*1-7,18H,8H2,(H,20,21). The van der Waals surface area contributed by atoms with E-state index in [-0.39, 0.29) is 33.1 Å². The summed E-state index contributed by atoms with van der Waals surface area (Å²) in [6.07, 6.45) is 0. The molecule has 8 nitrogen and oxygen atoms in total. The number of anilines is 2. The number of nitrogens with one attached hydrogen (secondary N) is 4. The van der Waals surface area contributed by atoms with Crippen molar-refractivity contribution in [3.05, 3.63) is 139 Å². The van der Waals surface area contributed by atoms with Gasteiger partial charge in [-0.2, -0.15) is 10.2 Å². The van der Waals surface area contributed by atoms with E-state index in [1.165, 1.54) is 24.3 Å². The fraction of sp³-hybridized carbons (Fsp3) is 0.0667. The molecule has 12 heteroatoms. The van der Waals surface area contributed by atoms with Crippen LogP contribution in [0.15, 0.2) is 94.5 Å². The number of aromatic amines is 2. The molecule has 0 spiro atoms. The second-order valence-electron chi connectivity index (χ2n) is 9.17. The molecule has 4 aromatic carbocycles. The Hall–Kier alpha value is -4.80. The molecule has 2 heterocycles. The summed E-state index contributed by atoms with van der Waals surface area (Å²) in [4.78, 5) is 23.4. The molecule has 6 aromatic rings. The smallest absolute Gasteiger partial charge is 0.272 e. The van der Waals surface area contributed by atoms with Gasteiger partial charge >= 0.3 is 0 Å². The Bertz CT molecular complexity index is 2020. The van der Waals surface area contributed by atoms with E-state index in [2.05, 4.69) is 31.0 Å². The average Bonchev–Trinajstić information content (AvgIpc) is 2.99. The third-order valence-electron chi connectivity index (χ3n) is 6.26. The lowest BCUT2D eigenvalue weighted by Gasteiger charge is -2.08. The lowest BCUT2D eigenvalue weighted by molar-refractivity contribution is 0.625. The van der Waals surface area contributed by atoms with Crippen molar-refractivity contribution in [3.63, 3.8) is 0 Å². The zero-order valence-electron chi connectivity index (χ0n) is 21.7. The minimum Gasteiger partial charge on any atom is -0.381 e. The molecule has 0 bridgehead atoms. The number of fused-ring (bicyclic) bond motifs is 2. The lowest BCUT2D eigenvalue weighted by atomic mass is 10.1. The molecule has 0 aliphatic carbocycles. The van der Waals surface area contributed by atoms with Gasteiger partial charge in [-0.1, -0.05) is 47.5 Å². The number of rotatable bonds is 6. The van der Waals surface area contributed by atoms with Crippen molar-refractivity contribution in [1.82, 2.24) is 20.4 Å². The Morgan fingerprint density at radius 1 is 0.595 bits per heavy atom. The molecule has 6 rings (SSSR count). The van der Waals surface area contributed by atoms with Gasteiger partial charge in [0.1, 0.15) is 11.6 Å². The number of benzene rings is 4. The molecule has 0 saturated carbocycles. The van der Waals surface area contributed by atoms with Gasteiger partial charge in [-0.3, -0.25) is 9.59 Å². The Morgan fingerprint density at radius 2 is 1.07 bits per heavy atom. The third kappa shape index (κ3) is 6.91. The van der Waals surface area contributed by atoms with Crippen LogP contribution in [0.5, 0.6) is 0 Å². The van der Waals surface area contributed by atoms with Crippen molar-refractivity contribution in [2.45, 2.75) is 13.1 Å². The van der Waals surface area contributed by atoms with Crippen molar-refractivity contribution >= 4 is 56.1 Å². The van der Waals surface area contributed by atoms with Gasteiger partial charge in [0.05, 0.1) is 10.8 Å². The maximum Gasteiger partial charge on any atom is 0.272 e. The van der Waals surface area contributed by atoms with Crippen LogP contribution < -0.4 is 21.8 Å². The van der Waals surface area contributed by atoms with E-state index in [9.17, 15) is 18.4 Å². The molecule has 212 valence electrons. The van der Waals surface area contributed by atoms with Crippen LogP contribution >= 0.6 is 23.2 Å². The van der Waals surface area contributed by atoms with Crippen molar-refractivity contribution in [3.8, 4) is 0 Å². The maximum absolute atomic E-state index is 13.1. The van der Waals surface area contributed by atoms with Crippen molar-refractivity contribution in [2.75, 3.05) is 10.6 Å². The first-order valence-electron chi connectivity index (χ1n) is 12.6. The molecular formula is C30H22Cl2F2N6O2. The summed E-state index contributed by atoms with van der Waals surface area (Å²) in [5.41, 5.74) is 2.58. The molecule has 0 amide bonds. The summed E-state index contributed by atoms with van der Waals surface area (Å²) in [5, 5.41) is 21.0. The number of aromatic nitrogens is 4. The van der Waals surface area contributed by atoms with Crippen molar-refractivity contribution in [2.24, 2.45) is 0 Å². The molecule has 2 aromatic heterocycles. The number of hydrogen-bond donors (Lipinski definition) is 4. The molecule has 42 heavy (non-hydrogen) atoms. The fourth-order valence-electron chi connectivity index (χ4n) is 4.19. The summed E-state index contributed by atoms with van der Waals surface area (Å²) in [7, 11) is 0. The van der Waals surface area contributed by atoms with Crippen LogP contribution in [0.1, 0.15) is 11.1 Å². The first kappa shape index (κ1) is 28.7. The van der Waals surface area contributed by atoms with Gasteiger partial charge < -0.3 is 10.6 Å². The van der Waals surface area contributed by atoms with Crippen LogP contribution in [0.2, 0.25) is 10.3 Å². The minimum atomic E-state index is -0.302. The molecule has 0 atom stereocenters. The van der Waals surface area contributed by atoms with Crippen LogP contribution in [0.25, 0.3) is 21.5 Å². The van der Waals surface area contributed by atoms with Crippen LogP contribution in [-0.2, 0) is 13.1 Å². The van der Waals surface area contributed by atoms with E-state index in [1.54, 1.807) is 48.5 Å². The van der Waals surface area contributed by atoms with E-state index < -0.39 is 0 Å². The first-order valence-corrected chi connectivity index (χ1v) is 13.3. The second kappa shape index (κ2) is 12.8. The molecule has 0 fully saturated rings. The van der Waals surface area contributed by atoms with Gasteiger partial charge in [-0.15, -0.1) is 0 Å². The normalized spacial score (nSPS) is 10.8. The lowest BCUT2D eigenvalue weighted by Crippen LogP contribution is -2.09. The van der Waals surface area contributed by atoms with Crippen molar-refractivity contribution in [1.29, 1.82) is 0 Å². The number of halogens is 4. The predicted octanol–water partition coefficient (Wildman–Crippen LogP) is 6.66. The maximum atomic E-state index is 13.1. The summed E-state index contributed by atoms with van der Waals surface area (Å²) in [6.45, 7) is 0.928. The van der Waals surface area contributed by atoms with Crippen LogP contribution in [0.3, 0.4) is 0 Å². The topological polar surface area (TPSA) is 116 Å². The van der Waals surface area contributed by atoms with E-state index in [0.29, 0.717) is 34.6 Å². The number of hydrogen-bond acceptors (Lipinski definition) is 6. The van der Waals surface area contributed by atoms with E-state index in [0.717, 1.165) is 22.5 Å². The molecule has 0 aliphatic heterocycles. The summed E-state index contributed by atoms with van der Waals surface area (Å²) < 4.78 is 26.2. The molecule has 0 aliphatic rings. The quantitative estimate of drug-likeness (QED) is 0.169. The fourth-order valence-corrected chi connectivity index (χ4v) is 4.59. The summed E-state index contributed by atoms with van der Waals surface area (Å²) in [6, 6.07) is 23.1. The zero-order chi connectivity index (χ0) is 29.6. The van der Waals surface area contributed by atoms with Gasteiger partial charge in [-0.05, 0) is 71.8 Å². The summed E-state index contributed by atoms with van der Waals surface area (Å²) in [5.74, 6) is -0.547. The van der Waals surface area contributed by atoms with E-state index >= 15 is 0 Å². The highest BCUT2D eigenvalue weighted by Gasteiger charge is 2.07. The average molecular weight is 607 g/mol. The molecule has 0 unspecified atom stereocenters. The van der Waals surface area contributed by atoms with Crippen LogP contribution in [0.4, 0.5) is 20.2 Å². The molecule has 0 radical (unpaired) electrons. The molecule has 4 N–H and O–H groups in total. The summed E-state index contributed by atoms with van der Waals surface area (Å²) >= 11 is 11.9. The van der Waals surface area contributed by atoms with Crippen LogP contribution in [-0.4, -0.2) is 20.4 Å². The number of nitrogens with zero attached hydrogens (tertiary/aromatic N) is 2. The SMILES string of the molecule is O=c1[nH]nc(Cl)c2cc(NCc3cccc(F)c3)ccc12.O=c1[nH]nc(Cl)c2ccc(NCc3cccc(F)c3)cc12. The van der Waals surface area contributed by atoms with Gasteiger partial charge in [0.15, 0.2) is 10.3 Å². The third-order valence-corrected chi connectivity index (χ3v) is 6.83. The largest absolute Gasteiger partial charge is 0.381 e. The highest BCUT2D eigenvalue weighted by molar-refractivity contribution is 6.34. The predicted molar refractivity (Wildman–Crippen MR) is 162 cm³/mol. The van der Waals surface area contributed by atoms with Crippen molar-refractivity contribution < 1.29 is 8.78 Å². The monoisotopic (exact) mass is 606 g/mol. The first-order chi connectivity index (χ1) is 20.3. The van der Waals surface area contributed by atoms with Gasteiger partial charge in [-0.25, -0.2) is 19.0 Å². The van der Waals surface area contributed by atoms with E-state index in [1.807, 2.05) is 12.1 Å². The second-order valence-corrected chi connectivity index (χ2v) is 9.89. The Balaban J connectivity index is 0.000000168.